The number of furan rings is 1. The van der Waals surface area contributed by atoms with Gasteiger partial charge in [-0.1, -0.05) is 72.8 Å². The average molecular weight is 393 g/mol. The largest absolute Gasteiger partial charge is 0.464 e. The van der Waals surface area contributed by atoms with E-state index in [0.717, 1.165) is 11.7 Å². The van der Waals surface area contributed by atoms with Gasteiger partial charge in [-0.15, -0.1) is 0 Å². The molecule has 0 unspecified atom stereocenters. The first-order valence-electron chi connectivity index (χ1n) is 9.88. The molecule has 1 aromatic heterocycles. The van der Waals surface area contributed by atoms with Crippen molar-refractivity contribution < 1.29 is 4.42 Å². The van der Waals surface area contributed by atoms with Crippen LogP contribution in [0.2, 0.25) is 0 Å². The predicted octanol–water partition coefficient (Wildman–Crippen LogP) is 5.93. The second kappa shape index (κ2) is 7.70. The molecular formula is C27H22OP+. The number of hydrogen-bond donors (Lipinski definition) is 0. The third-order valence-corrected chi connectivity index (χ3v) is 9.91. The Morgan fingerprint density at radius 1 is 0.517 bits per heavy atom. The lowest BCUT2D eigenvalue weighted by molar-refractivity contribution is 0.612. The molecule has 4 aromatic carbocycles. The first kappa shape index (κ1) is 17.9. The number of benzene rings is 4. The molecule has 5 rings (SSSR count). The van der Waals surface area contributed by atoms with Crippen LogP contribution in [0.4, 0.5) is 0 Å². The van der Waals surface area contributed by atoms with Crippen LogP contribution in [-0.4, -0.2) is 0 Å². The zero-order valence-electron chi connectivity index (χ0n) is 16.1. The van der Waals surface area contributed by atoms with Crippen LogP contribution >= 0.6 is 7.26 Å². The smallest absolute Gasteiger partial charge is 0.134 e. The molecule has 2 heteroatoms. The highest BCUT2D eigenvalue weighted by molar-refractivity contribution is 7.95. The number of fused-ring (bicyclic) bond motifs is 1. The molecule has 0 radical (unpaired) electrons. The molecule has 29 heavy (non-hydrogen) atoms. The number of rotatable bonds is 5. The van der Waals surface area contributed by atoms with E-state index in [0.29, 0.717) is 0 Å². The van der Waals surface area contributed by atoms with E-state index in [4.69, 9.17) is 4.42 Å². The van der Waals surface area contributed by atoms with E-state index in [1.807, 2.05) is 18.4 Å². The standard InChI is InChI=1S/C27H22OP/c1-4-12-23(13-5-1)29(24-14-6-2-7-15-24,25-16-8-3-9-17-25)21-22-20-28-27-19-11-10-18-26(22)27/h1-20H,21H2/q+1. The van der Waals surface area contributed by atoms with Gasteiger partial charge in [0.05, 0.1) is 6.26 Å². The van der Waals surface area contributed by atoms with Crippen LogP contribution in [-0.2, 0) is 6.16 Å². The van der Waals surface area contributed by atoms with Crippen molar-refractivity contribution in [1.82, 2.24) is 0 Å². The van der Waals surface area contributed by atoms with Gasteiger partial charge < -0.3 is 4.42 Å². The highest BCUT2D eigenvalue weighted by Gasteiger charge is 2.45. The predicted molar refractivity (Wildman–Crippen MR) is 125 cm³/mol. The van der Waals surface area contributed by atoms with Gasteiger partial charge in [0.1, 0.15) is 34.9 Å². The highest BCUT2D eigenvalue weighted by Crippen LogP contribution is 2.58. The summed E-state index contributed by atoms with van der Waals surface area (Å²) >= 11 is 0. The molecule has 1 nitrogen and oxygen atoms in total. The van der Waals surface area contributed by atoms with Crippen molar-refractivity contribution in [3.63, 3.8) is 0 Å². The Balaban J connectivity index is 1.80. The maximum absolute atomic E-state index is 5.92. The summed E-state index contributed by atoms with van der Waals surface area (Å²) < 4.78 is 5.92. The maximum Gasteiger partial charge on any atom is 0.134 e. The van der Waals surface area contributed by atoms with Crippen molar-refractivity contribution in [3.05, 3.63) is 127 Å². The fourth-order valence-electron chi connectivity index (χ4n) is 4.18. The molecule has 0 spiro atoms. The van der Waals surface area contributed by atoms with E-state index < -0.39 is 7.26 Å². The van der Waals surface area contributed by atoms with Gasteiger partial charge >= 0.3 is 0 Å². The van der Waals surface area contributed by atoms with Gasteiger partial charge in [-0.05, 0) is 42.5 Å². The summed E-state index contributed by atoms with van der Waals surface area (Å²) in [5.41, 5.74) is 2.22. The minimum absolute atomic E-state index is 0.933. The summed E-state index contributed by atoms with van der Waals surface area (Å²) in [5.74, 6) is 0. The molecule has 0 aliphatic carbocycles. The normalized spacial score (nSPS) is 11.6. The second-order valence-corrected chi connectivity index (χ2v) is 10.7. The lowest BCUT2D eigenvalue weighted by Crippen LogP contribution is -2.32. The van der Waals surface area contributed by atoms with Crippen molar-refractivity contribution >= 4 is 34.1 Å². The summed E-state index contributed by atoms with van der Waals surface area (Å²) in [6, 6.07) is 41.3. The Kier molecular flexibility index (Phi) is 4.76. The summed E-state index contributed by atoms with van der Waals surface area (Å²) in [4.78, 5) is 0. The topological polar surface area (TPSA) is 13.1 Å². The van der Waals surface area contributed by atoms with E-state index in [2.05, 4.69) is 103 Å². The van der Waals surface area contributed by atoms with Crippen molar-refractivity contribution in [3.8, 4) is 0 Å². The lowest BCUT2D eigenvalue weighted by Gasteiger charge is -2.27. The van der Waals surface area contributed by atoms with E-state index in [9.17, 15) is 0 Å². The van der Waals surface area contributed by atoms with Gasteiger partial charge in [0, 0.05) is 10.9 Å². The van der Waals surface area contributed by atoms with Crippen molar-refractivity contribution in [2.75, 3.05) is 0 Å². The van der Waals surface area contributed by atoms with E-state index in [1.54, 1.807) is 0 Å². The van der Waals surface area contributed by atoms with Gasteiger partial charge in [0.15, 0.2) is 0 Å². The lowest BCUT2D eigenvalue weighted by atomic mass is 10.2. The van der Waals surface area contributed by atoms with Crippen LogP contribution in [0, 0.1) is 0 Å². The van der Waals surface area contributed by atoms with Crippen LogP contribution in [0.25, 0.3) is 11.0 Å². The average Bonchev–Trinajstić information content (AvgIpc) is 3.22. The van der Waals surface area contributed by atoms with Gasteiger partial charge in [0.2, 0.25) is 0 Å². The molecule has 0 atom stereocenters. The fraction of sp³-hybridized carbons (Fsp3) is 0.0370. The Labute approximate surface area is 172 Å². The molecule has 0 N–H and O–H groups in total. The molecule has 5 aromatic rings. The SMILES string of the molecule is c1ccc([P+](Cc2coc3ccccc23)(c2ccccc2)c2ccccc2)cc1. The van der Waals surface area contributed by atoms with E-state index in [-0.39, 0.29) is 0 Å². The molecule has 0 amide bonds. The summed E-state index contributed by atoms with van der Waals surface area (Å²) in [6.45, 7) is 0. The van der Waals surface area contributed by atoms with Crippen LogP contribution in [0.1, 0.15) is 5.56 Å². The number of para-hydroxylation sites is 1. The summed E-state index contributed by atoms with van der Waals surface area (Å²) in [5, 5.41) is 5.38. The summed E-state index contributed by atoms with van der Waals surface area (Å²) in [6.07, 6.45) is 2.89. The monoisotopic (exact) mass is 393 g/mol. The zero-order valence-corrected chi connectivity index (χ0v) is 17.0. The molecule has 1 heterocycles. The highest BCUT2D eigenvalue weighted by atomic mass is 31.2. The quantitative estimate of drug-likeness (QED) is 0.338. The third kappa shape index (κ3) is 3.18. The van der Waals surface area contributed by atoms with Gasteiger partial charge in [-0.3, -0.25) is 0 Å². The molecule has 0 bridgehead atoms. The third-order valence-electron chi connectivity index (χ3n) is 5.56. The Morgan fingerprint density at radius 2 is 0.966 bits per heavy atom. The van der Waals surface area contributed by atoms with E-state index >= 15 is 0 Å². The molecule has 140 valence electrons. The molecule has 0 aliphatic rings. The second-order valence-electron chi connectivity index (χ2n) is 7.23. The van der Waals surface area contributed by atoms with Crippen LogP contribution in [0.3, 0.4) is 0 Å². The fourth-order valence-corrected chi connectivity index (χ4v) is 8.42. The zero-order chi connectivity index (χ0) is 19.5. The van der Waals surface area contributed by atoms with Crippen molar-refractivity contribution in [2.24, 2.45) is 0 Å². The first-order chi connectivity index (χ1) is 14.4. The molecule has 0 saturated heterocycles. The minimum atomic E-state index is -1.91. The van der Waals surface area contributed by atoms with E-state index in [1.165, 1.54) is 26.9 Å². The van der Waals surface area contributed by atoms with Crippen LogP contribution in [0.15, 0.2) is 126 Å². The Morgan fingerprint density at radius 3 is 1.48 bits per heavy atom. The Bertz CT molecular complexity index is 1110. The molecule has 0 fully saturated rings. The summed E-state index contributed by atoms with van der Waals surface area (Å²) in [7, 11) is -1.91. The molecule has 0 aliphatic heterocycles. The van der Waals surface area contributed by atoms with Crippen molar-refractivity contribution in [2.45, 2.75) is 6.16 Å². The van der Waals surface area contributed by atoms with Crippen LogP contribution < -0.4 is 15.9 Å². The molecule has 0 saturated carbocycles. The van der Waals surface area contributed by atoms with Gasteiger partial charge in [0.25, 0.3) is 0 Å². The van der Waals surface area contributed by atoms with Crippen molar-refractivity contribution in [1.29, 1.82) is 0 Å². The first-order valence-corrected chi connectivity index (χ1v) is 11.9. The maximum atomic E-state index is 5.92. The van der Waals surface area contributed by atoms with Gasteiger partial charge in [-0.2, -0.15) is 0 Å². The minimum Gasteiger partial charge on any atom is -0.464 e. The Hall–Kier alpha value is -3.15. The molecular weight excluding hydrogens is 371 g/mol. The van der Waals surface area contributed by atoms with Gasteiger partial charge in [-0.25, -0.2) is 0 Å². The van der Waals surface area contributed by atoms with Crippen LogP contribution in [0.5, 0.6) is 0 Å². The number of hydrogen-bond acceptors (Lipinski definition) is 1.